The van der Waals surface area contributed by atoms with E-state index < -0.39 is 0 Å². The van der Waals surface area contributed by atoms with Gasteiger partial charge in [-0.25, -0.2) is 4.79 Å². The van der Waals surface area contributed by atoms with Crippen molar-refractivity contribution in [1.29, 1.82) is 0 Å². The second-order valence-corrected chi connectivity index (χ2v) is 7.40. The molecule has 0 spiro atoms. The minimum atomic E-state index is -0.371. The van der Waals surface area contributed by atoms with Crippen LogP contribution in [-0.2, 0) is 9.53 Å². The molecule has 1 amide bonds. The number of amides is 1. The van der Waals surface area contributed by atoms with Crippen LogP contribution in [-0.4, -0.2) is 41.5 Å². The first-order valence-corrected chi connectivity index (χ1v) is 10.8. The first-order valence-electron chi connectivity index (χ1n) is 9.77. The van der Waals surface area contributed by atoms with Gasteiger partial charge in [-0.1, -0.05) is 37.2 Å². The summed E-state index contributed by atoms with van der Waals surface area (Å²) in [5, 5.41) is 11.0. The summed E-state index contributed by atoms with van der Waals surface area (Å²) in [7, 11) is 1.57. The van der Waals surface area contributed by atoms with Crippen molar-refractivity contribution in [3.05, 3.63) is 54.1 Å². The van der Waals surface area contributed by atoms with Gasteiger partial charge in [-0.3, -0.25) is 4.79 Å². The standard InChI is InChI=1S/C22H23N3O5S/c1-3-4-13-29-21(27)15-9-11-16(12-10-15)23-19(26)14-31-22-25-24-20(30-22)17-7-5-6-8-18(17)28-2/h5-12H,3-4,13-14H2,1-2H3,(H,23,26). The van der Waals surface area contributed by atoms with Crippen molar-refractivity contribution in [3.8, 4) is 17.2 Å². The maximum atomic E-state index is 12.2. The number of nitrogens with one attached hydrogen (secondary N) is 1. The Kier molecular flexibility index (Phi) is 8.05. The summed E-state index contributed by atoms with van der Waals surface area (Å²) in [4.78, 5) is 24.1. The molecule has 0 fully saturated rings. The Bertz CT molecular complexity index is 1020. The summed E-state index contributed by atoms with van der Waals surface area (Å²) < 4.78 is 16.1. The third kappa shape index (κ3) is 6.32. The molecule has 8 nitrogen and oxygen atoms in total. The van der Waals surface area contributed by atoms with Crippen LogP contribution in [0.2, 0.25) is 0 Å². The monoisotopic (exact) mass is 441 g/mol. The lowest BCUT2D eigenvalue weighted by atomic mass is 10.2. The van der Waals surface area contributed by atoms with Crippen LogP contribution in [0.15, 0.2) is 58.2 Å². The van der Waals surface area contributed by atoms with Crippen LogP contribution in [0.25, 0.3) is 11.5 Å². The van der Waals surface area contributed by atoms with Gasteiger partial charge < -0.3 is 19.2 Å². The molecule has 0 aliphatic rings. The molecule has 1 aromatic heterocycles. The zero-order valence-corrected chi connectivity index (χ0v) is 18.1. The highest BCUT2D eigenvalue weighted by Gasteiger charge is 2.15. The summed E-state index contributed by atoms with van der Waals surface area (Å²) in [5.41, 5.74) is 1.70. The molecule has 0 aliphatic heterocycles. The van der Waals surface area contributed by atoms with Gasteiger partial charge in [0.15, 0.2) is 0 Å². The van der Waals surface area contributed by atoms with Crippen LogP contribution < -0.4 is 10.1 Å². The highest BCUT2D eigenvalue weighted by atomic mass is 32.2. The number of unbranched alkanes of at least 4 members (excludes halogenated alkanes) is 1. The molecule has 1 N–H and O–H groups in total. The molecule has 0 atom stereocenters. The van der Waals surface area contributed by atoms with Crippen LogP contribution in [0.4, 0.5) is 5.69 Å². The molecule has 0 bridgehead atoms. The van der Waals surface area contributed by atoms with Gasteiger partial charge in [-0.05, 0) is 42.8 Å². The van der Waals surface area contributed by atoms with Gasteiger partial charge in [-0.15, -0.1) is 10.2 Å². The fraction of sp³-hybridized carbons (Fsp3) is 0.273. The number of anilines is 1. The summed E-state index contributed by atoms with van der Waals surface area (Å²) in [6, 6.07) is 13.9. The van der Waals surface area contributed by atoms with Crippen molar-refractivity contribution in [2.75, 3.05) is 24.8 Å². The third-order valence-electron chi connectivity index (χ3n) is 4.21. The van der Waals surface area contributed by atoms with E-state index in [1.165, 1.54) is 0 Å². The number of hydrogen-bond donors (Lipinski definition) is 1. The molecule has 9 heteroatoms. The van der Waals surface area contributed by atoms with Crippen molar-refractivity contribution in [1.82, 2.24) is 10.2 Å². The molecule has 0 unspecified atom stereocenters. The molecule has 0 saturated carbocycles. The predicted molar refractivity (Wildman–Crippen MR) is 117 cm³/mol. The molecule has 0 saturated heterocycles. The number of nitrogens with zero attached hydrogens (tertiary/aromatic N) is 2. The van der Waals surface area contributed by atoms with Crippen LogP contribution in [0, 0.1) is 0 Å². The average molecular weight is 442 g/mol. The van der Waals surface area contributed by atoms with Crippen LogP contribution in [0.3, 0.4) is 0 Å². The van der Waals surface area contributed by atoms with Gasteiger partial charge in [0.05, 0.1) is 30.6 Å². The Morgan fingerprint density at radius 3 is 2.61 bits per heavy atom. The van der Waals surface area contributed by atoms with E-state index in [-0.39, 0.29) is 22.9 Å². The van der Waals surface area contributed by atoms with Crippen LogP contribution in [0.1, 0.15) is 30.1 Å². The summed E-state index contributed by atoms with van der Waals surface area (Å²) >= 11 is 1.13. The SMILES string of the molecule is CCCCOC(=O)c1ccc(NC(=O)CSc2nnc(-c3ccccc3OC)o2)cc1. The molecule has 3 rings (SSSR count). The first kappa shape index (κ1) is 22.4. The summed E-state index contributed by atoms with van der Waals surface area (Å²) in [6.07, 6.45) is 1.79. The fourth-order valence-electron chi connectivity index (χ4n) is 2.60. The molecule has 0 aliphatic carbocycles. The Balaban J connectivity index is 1.50. The fourth-order valence-corrected chi connectivity index (χ4v) is 3.17. The third-order valence-corrected chi connectivity index (χ3v) is 5.02. The maximum absolute atomic E-state index is 12.2. The topological polar surface area (TPSA) is 104 Å². The van der Waals surface area contributed by atoms with Crippen LogP contribution >= 0.6 is 11.8 Å². The Labute approximate surface area is 184 Å². The van der Waals surface area contributed by atoms with E-state index in [0.29, 0.717) is 35.1 Å². The highest BCUT2D eigenvalue weighted by Crippen LogP contribution is 2.30. The van der Waals surface area contributed by atoms with E-state index in [1.807, 2.05) is 25.1 Å². The number of carbonyl (C=O) groups excluding carboxylic acids is 2. The lowest BCUT2D eigenvalue weighted by Gasteiger charge is -2.06. The minimum absolute atomic E-state index is 0.0916. The Hall–Kier alpha value is -3.33. The molecular formula is C22H23N3O5S. The van der Waals surface area contributed by atoms with Crippen molar-refractivity contribution >= 4 is 29.3 Å². The number of hydrogen-bond acceptors (Lipinski definition) is 8. The minimum Gasteiger partial charge on any atom is -0.496 e. The number of esters is 1. The van der Waals surface area contributed by atoms with Crippen molar-refractivity contribution in [2.24, 2.45) is 0 Å². The van der Waals surface area contributed by atoms with Gasteiger partial charge >= 0.3 is 5.97 Å². The lowest BCUT2D eigenvalue weighted by molar-refractivity contribution is -0.113. The smallest absolute Gasteiger partial charge is 0.338 e. The normalized spacial score (nSPS) is 10.5. The first-order chi connectivity index (χ1) is 15.1. The summed E-state index contributed by atoms with van der Waals surface area (Å²) in [6.45, 7) is 2.43. The molecule has 162 valence electrons. The molecule has 3 aromatic rings. The number of ether oxygens (including phenoxy) is 2. The predicted octanol–water partition coefficient (Wildman–Crippen LogP) is 4.43. The highest BCUT2D eigenvalue weighted by molar-refractivity contribution is 7.99. The molecular weight excluding hydrogens is 418 g/mol. The number of para-hydroxylation sites is 1. The largest absolute Gasteiger partial charge is 0.496 e. The maximum Gasteiger partial charge on any atom is 0.338 e. The lowest BCUT2D eigenvalue weighted by Crippen LogP contribution is -2.14. The van der Waals surface area contributed by atoms with E-state index in [0.717, 1.165) is 24.6 Å². The quantitative estimate of drug-likeness (QED) is 0.280. The number of rotatable bonds is 10. The molecule has 31 heavy (non-hydrogen) atoms. The van der Waals surface area contributed by atoms with Crippen molar-refractivity contribution in [3.63, 3.8) is 0 Å². The van der Waals surface area contributed by atoms with E-state index in [2.05, 4.69) is 15.5 Å². The number of thioether (sulfide) groups is 1. The second-order valence-electron chi connectivity index (χ2n) is 6.48. The van der Waals surface area contributed by atoms with Crippen molar-refractivity contribution < 1.29 is 23.5 Å². The molecule has 2 aromatic carbocycles. The molecule has 1 heterocycles. The van der Waals surface area contributed by atoms with Gasteiger partial charge in [0.2, 0.25) is 5.91 Å². The number of aromatic nitrogens is 2. The van der Waals surface area contributed by atoms with Crippen molar-refractivity contribution in [2.45, 2.75) is 25.0 Å². The van der Waals surface area contributed by atoms with Gasteiger partial charge in [0.1, 0.15) is 5.75 Å². The molecule has 0 radical (unpaired) electrons. The number of carbonyl (C=O) groups is 2. The van der Waals surface area contributed by atoms with Gasteiger partial charge in [0, 0.05) is 5.69 Å². The van der Waals surface area contributed by atoms with Gasteiger partial charge in [-0.2, -0.15) is 0 Å². The number of methoxy groups -OCH3 is 1. The van der Waals surface area contributed by atoms with Crippen LogP contribution in [0.5, 0.6) is 5.75 Å². The Morgan fingerprint density at radius 1 is 1.10 bits per heavy atom. The zero-order chi connectivity index (χ0) is 22.1. The van der Waals surface area contributed by atoms with E-state index in [9.17, 15) is 9.59 Å². The van der Waals surface area contributed by atoms with Gasteiger partial charge in [0.25, 0.3) is 11.1 Å². The average Bonchev–Trinajstić information content (AvgIpc) is 3.27. The van der Waals surface area contributed by atoms with E-state index in [1.54, 1.807) is 37.4 Å². The number of benzene rings is 2. The van der Waals surface area contributed by atoms with E-state index in [4.69, 9.17) is 13.9 Å². The van der Waals surface area contributed by atoms with E-state index >= 15 is 0 Å². The Morgan fingerprint density at radius 2 is 1.87 bits per heavy atom. The summed E-state index contributed by atoms with van der Waals surface area (Å²) in [5.74, 6) is 0.429. The second kappa shape index (κ2) is 11.2. The zero-order valence-electron chi connectivity index (χ0n) is 17.3.